The maximum Gasteiger partial charge on any atom is 0.191 e. The molecule has 0 fully saturated rings. The molecule has 0 aliphatic rings. The molecule has 2 aromatic rings. The van der Waals surface area contributed by atoms with E-state index < -0.39 is 0 Å². The lowest BCUT2D eigenvalue weighted by Gasteiger charge is -2.17. The summed E-state index contributed by atoms with van der Waals surface area (Å²) >= 11 is 0. The van der Waals surface area contributed by atoms with Crippen LogP contribution >= 0.6 is 0 Å². The van der Waals surface area contributed by atoms with Gasteiger partial charge in [0.25, 0.3) is 0 Å². The van der Waals surface area contributed by atoms with Gasteiger partial charge in [-0.3, -0.25) is 4.99 Å². The predicted octanol–water partition coefficient (Wildman–Crippen LogP) is 3.39. The Morgan fingerprint density at radius 1 is 0.818 bits per heavy atom. The van der Waals surface area contributed by atoms with Gasteiger partial charge in [-0.15, -0.1) is 0 Å². The van der Waals surface area contributed by atoms with E-state index >= 15 is 0 Å². The minimum Gasteiger partial charge on any atom is -0.357 e. The molecule has 0 aromatic heterocycles. The summed E-state index contributed by atoms with van der Waals surface area (Å²) in [6.07, 6.45) is 0. The van der Waals surface area contributed by atoms with E-state index in [1.54, 1.807) is 0 Å². The van der Waals surface area contributed by atoms with E-state index in [9.17, 15) is 0 Å². The zero-order valence-corrected chi connectivity index (χ0v) is 13.4. The summed E-state index contributed by atoms with van der Waals surface area (Å²) in [5, 5.41) is 6.56. The van der Waals surface area contributed by atoms with Gasteiger partial charge in [0.1, 0.15) is 0 Å². The standard InChI is InChI=1S/C19H25N3/c1-3-20-19(21-4-2)22-15-18(16-11-7-5-8-12-16)17-13-9-6-10-14-17/h5-14,18H,3-4,15H2,1-2H3,(H2,20,21,22). The van der Waals surface area contributed by atoms with Gasteiger partial charge in [0.2, 0.25) is 0 Å². The average molecular weight is 295 g/mol. The molecule has 0 spiro atoms. The van der Waals surface area contributed by atoms with Crippen molar-refractivity contribution in [2.24, 2.45) is 4.99 Å². The minimum absolute atomic E-state index is 0.273. The predicted molar refractivity (Wildman–Crippen MR) is 94.4 cm³/mol. The van der Waals surface area contributed by atoms with Crippen molar-refractivity contribution in [3.05, 3.63) is 71.8 Å². The van der Waals surface area contributed by atoms with Crippen LogP contribution in [0.5, 0.6) is 0 Å². The molecular weight excluding hydrogens is 270 g/mol. The van der Waals surface area contributed by atoms with E-state index in [4.69, 9.17) is 4.99 Å². The van der Waals surface area contributed by atoms with Gasteiger partial charge in [-0.05, 0) is 25.0 Å². The van der Waals surface area contributed by atoms with Crippen LogP contribution in [0.15, 0.2) is 65.7 Å². The number of hydrogen-bond donors (Lipinski definition) is 2. The topological polar surface area (TPSA) is 36.4 Å². The summed E-state index contributed by atoms with van der Waals surface area (Å²) in [6.45, 7) is 6.63. The molecule has 22 heavy (non-hydrogen) atoms. The Kier molecular flexibility index (Phi) is 6.49. The molecule has 0 bridgehead atoms. The number of nitrogens with zero attached hydrogens (tertiary/aromatic N) is 1. The second-order valence-electron chi connectivity index (χ2n) is 5.12. The quantitative estimate of drug-likeness (QED) is 0.633. The summed E-state index contributed by atoms with van der Waals surface area (Å²) in [7, 11) is 0. The van der Waals surface area contributed by atoms with Gasteiger partial charge >= 0.3 is 0 Å². The van der Waals surface area contributed by atoms with Gasteiger partial charge in [0.15, 0.2) is 5.96 Å². The van der Waals surface area contributed by atoms with Gasteiger partial charge in [0, 0.05) is 19.0 Å². The number of aliphatic imine (C=N–C) groups is 1. The zero-order valence-electron chi connectivity index (χ0n) is 13.4. The normalized spacial score (nSPS) is 10.3. The van der Waals surface area contributed by atoms with Crippen molar-refractivity contribution < 1.29 is 0 Å². The van der Waals surface area contributed by atoms with Crippen LogP contribution in [0.25, 0.3) is 0 Å². The third-order valence-electron chi connectivity index (χ3n) is 3.52. The first kappa shape index (κ1) is 16.1. The average Bonchev–Trinajstić information content (AvgIpc) is 2.57. The third-order valence-corrected chi connectivity index (χ3v) is 3.52. The van der Waals surface area contributed by atoms with Gasteiger partial charge in [0.05, 0.1) is 6.54 Å². The SMILES string of the molecule is CCNC(=NCC(c1ccccc1)c1ccccc1)NCC. The van der Waals surface area contributed by atoms with Gasteiger partial charge in [-0.25, -0.2) is 0 Å². The van der Waals surface area contributed by atoms with Crippen molar-refractivity contribution in [2.75, 3.05) is 19.6 Å². The van der Waals surface area contributed by atoms with E-state index in [1.807, 2.05) is 0 Å². The molecule has 0 heterocycles. The van der Waals surface area contributed by atoms with Crippen LogP contribution in [0.2, 0.25) is 0 Å². The second kappa shape index (κ2) is 8.88. The Bertz CT molecular complexity index is 516. The highest BCUT2D eigenvalue weighted by Crippen LogP contribution is 2.24. The molecule has 0 saturated carbocycles. The van der Waals surface area contributed by atoms with E-state index in [2.05, 4.69) is 85.1 Å². The Hall–Kier alpha value is -2.29. The largest absolute Gasteiger partial charge is 0.357 e. The van der Waals surface area contributed by atoms with Crippen molar-refractivity contribution in [3.8, 4) is 0 Å². The monoisotopic (exact) mass is 295 g/mol. The Morgan fingerprint density at radius 3 is 1.68 bits per heavy atom. The van der Waals surface area contributed by atoms with Crippen LogP contribution in [0.1, 0.15) is 30.9 Å². The molecular formula is C19H25N3. The van der Waals surface area contributed by atoms with Gasteiger partial charge < -0.3 is 10.6 Å². The Balaban J connectivity index is 2.24. The number of hydrogen-bond acceptors (Lipinski definition) is 1. The first-order chi connectivity index (χ1) is 10.8. The summed E-state index contributed by atoms with van der Waals surface area (Å²) in [5.74, 6) is 1.15. The lowest BCUT2D eigenvalue weighted by atomic mass is 9.91. The third kappa shape index (κ3) is 4.62. The van der Waals surface area contributed by atoms with Crippen LogP contribution in [0.3, 0.4) is 0 Å². The Labute approximate surface area is 133 Å². The lowest BCUT2D eigenvalue weighted by Crippen LogP contribution is -2.37. The zero-order chi connectivity index (χ0) is 15.6. The molecule has 3 heteroatoms. The fraction of sp³-hybridized carbons (Fsp3) is 0.316. The highest BCUT2D eigenvalue weighted by molar-refractivity contribution is 5.79. The maximum atomic E-state index is 4.75. The second-order valence-corrected chi connectivity index (χ2v) is 5.12. The molecule has 3 nitrogen and oxygen atoms in total. The summed E-state index contributed by atoms with van der Waals surface area (Å²) < 4.78 is 0. The molecule has 0 saturated heterocycles. The van der Waals surface area contributed by atoms with E-state index in [0.717, 1.165) is 25.6 Å². The molecule has 0 atom stereocenters. The number of rotatable bonds is 6. The molecule has 2 N–H and O–H groups in total. The number of nitrogens with one attached hydrogen (secondary N) is 2. The number of benzene rings is 2. The van der Waals surface area contributed by atoms with Gasteiger partial charge in [-0.2, -0.15) is 0 Å². The van der Waals surface area contributed by atoms with Crippen molar-refractivity contribution in [1.29, 1.82) is 0 Å². The smallest absolute Gasteiger partial charge is 0.191 e. The summed E-state index contributed by atoms with van der Waals surface area (Å²) in [6, 6.07) is 21.2. The molecule has 0 unspecified atom stereocenters. The van der Waals surface area contributed by atoms with E-state index in [-0.39, 0.29) is 5.92 Å². The van der Waals surface area contributed by atoms with E-state index in [0.29, 0.717) is 0 Å². The van der Waals surface area contributed by atoms with Crippen LogP contribution in [-0.2, 0) is 0 Å². The summed E-state index contributed by atoms with van der Waals surface area (Å²) in [4.78, 5) is 4.75. The van der Waals surface area contributed by atoms with Gasteiger partial charge in [-0.1, -0.05) is 60.7 Å². The molecule has 0 aliphatic carbocycles. The highest BCUT2D eigenvalue weighted by atomic mass is 15.2. The highest BCUT2D eigenvalue weighted by Gasteiger charge is 2.13. The summed E-state index contributed by atoms with van der Waals surface area (Å²) in [5.41, 5.74) is 2.59. The molecule has 2 rings (SSSR count). The molecule has 2 aromatic carbocycles. The van der Waals surface area contributed by atoms with Crippen molar-refractivity contribution in [2.45, 2.75) is 19.8 Å². The fourth-order valence-corrected chi connectivity index (χ4v) is 2.47. The lowest BCUT2D eigenvalue weighted by molar-refractivity contribution is 0.785. The first-order valence-corrected chi connectivity index (χ1v) is 7.97. The van der Waals surface area contributed by atoms with Crippen LogP contribution in [0.4, 0.5) is 0 Å². The fourth-order valence-electron chi connectivity index (χ4n) is 2.47. The minimum atomic E-state index is 0.273. The molecule has 0 aliphatic heterocycles. The van der Waals surface area contributed by atoms with Crippen LogP contribution in [0, 0.1) is 0 Å². The van der Waals surface area contributed by atoms with Crippen LogP contribution in [-0.4, -0.2) is 25.6 Å². The Morgan fingerprint density at radius 2 is 1.27 bits per heavy atom. The van der Waals surface area contributed by atoms with Crippen LogP contribution < -0.4 is 10.6 Å². The molecule has 116 valence electrons. The maximum absolute atomic E-state index is 4.75. The number of guanidine groups is 1. The van der Waals surface area contributed by atoms with E-state index in [1.165, 1.54) is 11.1 Å². The molecule has 0 amide bonds. The van der Waals surface area contributed by atoms with Crippen molar-refractivity contribution in [3.63, 3.8) is 0 Å². The van der Waals surface area contributed by atoms with Crippen molar-refractivity contribution >= 4 is 5.96 Å². The molecule has 0 radical (unpaired) electrons. The van der Waals surface area contributed by atoms with Crippen molar-refractivity contribution in [1.82, 2.24) is 10.6 Å². The first-order valence-electron chi connectivity index (χ1n) is 7.97.